The zero-order valence-corrected chi connectivity index (χ0v) is 18.0. The van der Waals surface area contributed by atoms with Crippen molar-refractivity contribution >= 4 is 17.0 Å². The lowest BCUT2D eigenvalue weighted by Crippen LogP contribution is -2.22. The molecular weight excluding hydrogens is 422 g/mol. The van der Waals surface area contributed by atoms with Gasteiger partial charge in [-0.05, 0) is 47.0 Å². The third kappa shape index (κ3) is 5.30. The first-order valence-electron chi connectivity index (χ1n) is 10.4. The minimum atomic E-state index is -1.07. The smallest absolute Gasteiger partial charge is 0.404 e. The van der Waals surface area contributed by atoms with Gasteiger partial charge in [0.25, 0.3) is 5.56 Å². The summed E-state index contributed by atoms with van der Waals surface area (Å²) in [5.41, 5.74) is 3.22. The lowest BCUT2D eigenvalue weighted by Gasteiger charge is -2.12. The number of ether oxygens (including phenoxy) is 2. The van der Waals surface area contributed by atoms with Crippen molar-refractivity contribution in [3.05, 3.63) is 89.0 Å². The van der Waals surface area contributed by atoms with E-state index in [1.165, 1.54) is 6.07 Å². The van der Waals surface area contributed by atoms with E-state index in [1.807, 2.05) is 42.5 Å². The topological polar surface area (TPSA) is 103 Å². The number of carbonyl (C=O) groups is 1. The second kappa shape index (κ2) is 9.86. The zero-order chi connectivity index (χ0) is 23.2. The molecule has 0 aliphatic carbocycles. The van der Waals surface area contributed by atoms with Crippen molar-refractivity contribution in [1.29, 1.82) is 0 Å². The van der Waals surface area contributed by atoms with Gasteiger partial charge in [-0.3, -0.25) is 9.78 Å². The molecule has 0 saturated carbocycles. The van der Waals surface area contributed by atoms with Crippen LogP contribution in [0.1, 0.15) is 5.56 Å². The van der Waals surface area contributed by atoms with E-state index in [0.29, 0.717) is 18.9 Å². The summed E-state index contributed by atoms with van der Waals surface area (Å²) in [5, 5.41) is 12.0. The number of nitrogens with zero attached hydrogens (tertiary/aromatic N) is 2. The Kier molecular flexibility index (Phi) is 6.54. The summed E-state index contributed by atoms with van der Waals surface area (Å²) >= 11 is 0. The summed E-state index contributed by atoms with van der Waals surface area (Å²) in [6.07, 6.45) is 2.39. The van der Waals surface area contributed by atoms with Crippen LogP contribution in [-0.4, -0.2) is 34.5 Å². The molecule has 4 aromatic rings. The van der Waals surface area contributed by atoms with E-state index in [9.17, 15) is 9.59 Å². The Morgan fingerprint density at radius 3 is 2.79 bits per heavy atom. The van der Waals surface area contributed by atoms with E-state index in [2.05, 4.69) is 10.3 Å². The standard InChI is InChI=1S/C25H23N3O5/c1-32-20-6-7-21-22(14-20)26-10-9-23(21)33-12-11-28-16-19(5-8-24(28)29)18-4-2-3-17(13-18)15-27-25(30)31/h2-10,13-14,16,27H,11-12,15H2,1H3,(H,30,31). The number of benzene rings is 2. The first kappa shape index (κ1) is 21.9. The monoisotopic (exact) mass is 445 g/mol. The molecule has 0 unspecified atom stereocenters. The van der Waals surface area contributed by atoms with Gasteiger partial charge in [-0.25, -0.2) is 4.79 Å². The molecule has 8 nitrogen and oxygen atoms in total. The maximum absolute atomic E-state index is 12.4. The van der Waals surface area contributed by atoms with Crippen LogP contribution in [0.15, 0.2) is 77.9 Å². The quantitative estimate of drug-likeness (QED) is 0.426. The SMILES string of the molecule is COc1ccc2c(OCCn3cc(-c4cccc(CNC(=O)O)c4)ccc3=O)ccnc2c1. The molecule has 0 atom stereocenters. The maximum atomic E-state index is 12.4. The van der Waals surface area contributed by atoms with Crippen LogP contribution >= 0.6 is 0 Å². The van der Waals surface area contributed by atoms with Crippen LogP contribution in [0, 0.1) is 0 Å². The number of pyridine rings is 2. The Bertz CT molecular complexity index is 1350. The van der Waals surface area contributed by atoms with Gasteiger partial charge in [0.2, 0.25) is 0 Å². The fraction of sp³-hybridized carbons (Fsp3) is 0.160. The Balaban J connectivity index is 1.48. The fourth-order valence-corrected chi connectivity index (χ4v) is 3.52. The second-order valence-corrected chi connectivity index (χ2v) is 7.35. The van der Waals surface area contributed by atoms with Crippen LogP contribution in [0.25, 0.3) is 22.0 Å². The summed E-state index contributed by atoms with van der Waals surface area (Å²) in [6, 6.07) is 18.2. The number of fused-ring (bicyclic) bond motifs is 1. The fourth-order valence-electron chi connectivity index (χ4n) is 3.52. The highest BCUT2D eigenvalue weighted by molar-refractivity contribution is 5.85. The Morgan fingerprint density at radius 1 is 1.09 bits per heavy atom. The maximum Gasteiger partial charge on any atom is 0.404 e. The van der Waals surface area contributed by atoms with E-state index < -0.39 is 6.09 Å². The van der Waals surface area contributed by atoms with Gasteiger partial charge in [0.15, 0.2) is 0 Å². The molecule has 2 aromatic carbocycles. The normalized spacial score (nSPS) is 10.7. The van der Waals surface area contributed by atoms with E-state index in [4.69, 9.17) is 14.6 Å². The van der Waals surface area contributed by atoms with Gasteiger partial charge in [0.05, 0.1) is 19.2 Å². The highest BCUT2D eigenvalue weighted by atomic mass is 16.5. The summed E-state index contributed by atoms with van der Waals surface area (Å²) in [5.74, 6) is 1.41. The van der Waals surface area contributed by atoms with Crippen LogP contribution in [0.4, 0.5) is 4.79 Å². The van der Waals surface area contributed by atoms with Gasteiger partial charge in [-0.2, -0.15) is 0 Å². The predicted molar refractivity (Wildman–Crippen MR) is 125 cm³/mol. The van der Waals surface area contributed by atoms with E-state index in [1.54, 1.807) is 36.2 Å². The molecule has 2 aromatic heterocycles. The molecule has 0 spiro atoms. The Morgan fingerprint density at radius 2 is 1.97 bits per heavy atom. The van der Waals surface area contributed by atoms with E-state index in [-0.39, 0.29) is 12.1 Å². The molecule has 8 heteroatoms. The van der Waals surface area contributed by atoms with E-state index in [0.717, 1.165) is 33.3 Å². The number of rotatable bonds is 8. The van der Waals surface area contributed by atoms with Crippen LogP contribution in [0.2, 0.25) is 0 Å². The Labute approximate surface area is 190 Å². The first-order valence-corrected chi connectivity index (χ1v) is 10.4. The number of hydrogen-bond donors (Lipinski definition) is 2. The molecule has 0 radical (unpaired) electrons. The van der Waals surface area contributed by atoms with Gasteiger partial charge in [0, 0.05) is 36.5 Å². The minimum absolute atomic E-state index is 0.129. The molecule has 33 heavy (non-hydrogen) atoms. The van der Waals surface area contributed by atoms with Crippen LogP contribution in [-0.2, 0) is 13.1 Å². The van der Waals surface area contributed by atoms with Gasteiger partial charge >= 0.3 is 6.09 Å². The van der Waals surface area contributed by atoms with Crippen molar-refractivity contribution in [3.63, 3.8) is 0 Å². The number of amides is 1. The van der Waals surface area contributed by atoms with Gasteiger partial charge in [-0.15, -0.1) is 0 Å². The number of aromatic nitrogens is 2. The van der Waals surface area contributed by atoms with Crippen molar-refractivity contribution in [2.24, 2.45) is 0 Å². The van der Waals surface area contributed by atoms with Crippen molar-refractivity contribution in [2.45, 2.75) is 13.1 Å². The third-order valence-electron chi connectivity index (χ3n) is 5.19. The van der Waals surface area contributed by atoms with Crippen molar-refractivity contribution < 1.29 is 19.4 Å². The van der Waals surface area contributed by atoms with Crippen LogP contribution in [0.5, 0.6) is 11.5 Å². The average molecular weight is 445 g/mol. The summed E-state index contributed by atoms with van der Waals surface area (Å²) < 4.78 is 12.8. The van der Waals surface area contributed by atoms with E-state index >= 15 is 0 Å². The second-order valence-electron chi connectivity index (χ2n) is 7.35. The highest BCUT2D eigenvalue weighted by Gasteiger charge is 2.07. The minimum Gasteiger partial charge on any atom is -0.497 e. The molecule has 168 valence electrons. The van der Waals surface area contributed by atoms with Crippen molar-refractivity contribution in [3.8, 4) is 22.6 Å². The molecule has 0 fully saturated rings. The number of nitrogens with one attached hydrogen (secondary N) is 1. The predicted octanol–water partition coefficient (Wildman–Crippen LogP) is 3.92. The molecular formula is C25H23N3O5. The first-order chi connectivity index (χ1) is 16.0. The molecule has 2 heterocycles. The van der Waals surface area contributed by atoms with Crippen LogP contribution in [0.3, 0.4) is 0 Å². The third-order valence-corrected chi connectivity index (χ3v) is 5.19. The lowest BCUT2D eigenvalue weighted by atomic mass is 10.0. The number of methoxy groups -OCH3 is 1. The number of carboxylic acid groups (broad SMARTS) is 1. The largest absolute Gasteiger partial charge is 0.497 e. The Hall–Kier alpha value is -4.33. The molecule has 1 amide bonds. The molecule has 0 aliphatic heterocycles. The van der Waals surface area contributed by atoms with Crippen LogP contribution < -0.4 is 20.3 Å². The zero-order valence-electron chi connectivity index (χ0n) is 18.0. The summed E-state index contributed by atoms with van der Waals surface area (Å²) in [7, 11) is 1.61. The summed E-state index contributed by atoms with van der Waals surface area (Å²) in [4.78, 5) is 27.5. The molecule has 0 bridgehead atoms. The molecule has 0 aliphatic rings. The molecule has 0 saturated heterocycles. The van der Waals surface area contributed by atoms with Gasteiger partial charge < -0.3 is 24.5 Å². The summed E-state index contributed by atoms with van der Waals surface area (Å²) in [6.45, 7) is 0.881. The lowest BCUT2D eigenvalue weighted by molar-refractivity contribution is 0.194. The average Bonchev–Trinajstić information content (AvgIpc) is 2.83. The molecule has 4 rings (SSSR count). The van der Waals surface area contributed by atoms with Gasteiger partial charge in [0.1, 0.15) is 18.1 Å². The highest BCUT2D eigenvalue weighted by Crippen LogP contribution is 2.27. The van der Waals surface area contributed by atoms with Crippen molar-refractivity contribution in [2.75, 3.05) is 13.7 Å². The van der Waals surface area contributed by atoms with Gasteiger partial charge in [-0.1, -0.05) is 18.2 Å². The van der Waals surface area contributed by atoms with Crippen molar-refractivity contribution in [1.82, 2.24) is 14.9 Å². The number of hydrogen-bond acceptors (Lipinski definition) is 5. The molecule has 2 N–H and O–H groups in total.